The van der Waals surface area contributed by atoms with Gasteiger partial charge >= 0.3 is 0 Å². The Morgan fingerprint density at radius 2 is 0.650 bits per heavy atom. The Morgan fingerprint density at radius 3 is 1.05 bits per heavy atom. The molecular weight excluding hydrogens is 1010 g/mol. The maximum Gasteiger partial charge on any atom is 0.168 e. The van der Waals surface area contributed by atoms with Gasteiger partial charge in [0.05, 0.1) is 97.0 Å². The van der Waals surface area contributed by atoms with Crippen molar-refractivity contribution in [2.24, 2.45) is 34.9 Å². The van der Waals surface area contributed by atoms with Gasteiger partial charge in [-0.05, 0) is 93.8 Å². The number of hydrogen-bond donors (Lipinski definition) is 1. The highest BCUT2D eigenvalue weighted by Gasteiger charge is 2.39. The molecule has 0 amide bonds. The summed E-state index contributed by atoms with van der Waals surface area (Å²) < 4.78 is 53.6. The van der Waals surface area contributed by atoms with Crippen molar-refractivity contribution in [1.29, 1.82) is 0 Å². The van der Waals surface area contributed by atoms with Gasteiger partial charge in [-0.25, -0.2) is 34.9 Å². The lowest BCUT2D eigenvalue weighted by molar-refractivity contribution is 0.190. The Labute approximate surface area is 472 Å². The normalized spacial score (nSPS) is 14.9. The zero-order valence-electron chi connectivity index (χ0n) is 48.6. The van der Waals surface area contributed by atoms with Crippen LogP contribution < -0.4 is 39.4 Å². The van der Waals surface area contributed by atoms with Gasteiger partial charge in [-0.2, -0.15) is 0 Å². The second-order valence-corrected chi connectivity index (χ2v) is 20.5. The number of fused-ring (bicyclic) bond motifs is 16. The molecule has 0 unspecified atom stereocenters. The van der Waals surface area contributed by atoms with Crippen LogP contribution in [-0.4, -0.2) is 87.0 Å². The first-order valence-electron chi connectivity index (χ1n) is 30.0. The molecule has 0 saturated carbocycles. The third-order valence-corrected chi connectivity index (χ3v) is 14.2. The summed E-state index contributed by atoms with van der Waals surface area (Å²) >= 11 is 0. The minimum Gasteiger partial charge on any atom is -0.497 e. The van der Waals surface area contributed by atoms with Crippen LogP contribution in [0.2, 0.25) is 0 Å². The van der Waals surface area contributed by atoms with E-state index in [1.54, 1.807) is 0 Å². The SMILES string of the molecule is CCCCOC1=CCC(OCCCC)=C2C3=NC(=C12)N=C1N=C(N=c2[nH]c(c4c(OCCCC)ccc(OCCCC)c24)=NC2=NC(=N3)c3c(OCCCC)ccc(OCCCC)c32)c2c(OCCCC)ccc(OCCCC)c21. The number of nitrogens with one attached hydrogen (secondary N) is 1. The van der Waals surface area contributed by atoms with Gasteiger partial charge in [-0.15, -0.1) is 0 Å². The summed E-state index contributed by atoms with van der Waals surface area (Å²) in [6.45, 7) is 21.2. The van der Waals surface area contributed by atoms with E-state index in [-0.39, 0.29) is 0 Å². The molecule has 1 aliphatic carbocycles. The summed E-state index contributed by atoms with van der Waals surface area (Å²) in [6.07, 6.45) is 17.0. The van der Waals surface area contributed by atoms with Crippen molar-refractivity contribution < 1.29 is 37.9 Å². The number of aromatic amines is 1. The Bertz CT molecular complexity index is 3270. The minimum absolute atomic E-state index is 0.348. The van der Waals surface area contributed by atoms with Crippen LogP contribution in [0.25, 0.3) is 10.8 Å². The quantitative estimate of drug-likeness (QED) is 0.0470. The zero-order chi connectivity index (χ0) is 55.8. The number of unbranched alkanes of at least 4 members (excludes halogenated alkanes) is 8. The number of hydrogen-bond acceptors (Lipinski definition) is 15. The molecule has 80 heavy (non-hydrogen) atoms. The van der Waals surface area contributed by atoms with Gasteiger partial charge in [0.1, 0.15) is 57.0 Å². The van der Waals surface area contributed by atoms with Gasteiger partial charge in [0.15, 0.2) is 35.0 Å². The Hall–Kier alpha value is -7.23. The van der Waals surface area contributed by atoms with E-state index in [1.165, 1.54) is 0 Å². The van der Waals surface area contributed by atoms with Crippen molar-refractivity contribution in [3.8, 4) is 34.5 Å². The minimum atomic E-state index is 0.348. The molecule has 5 heterocycles. The maximum atomic E-state index is 6.74. The summed E-state index contributed by atoms with van der Waals surface area (Å²) in [5, 5.41) is 1.36. The predicted molar refractivity (Wildman–Crippen MR) is 318 cm³/mol. The number of benzene rings is 3. The van der Waals surface area contributed by atoms with Crippen molar-refractivity contribution in [3.05, 3.63) is 104 Å². The van der Waals surface area contributed by atoms with Gasteiger partial charge in [0.2, 0.25) is 0 Å². The molecule has 0 spiro atoms. The molecule has 1 aromatic heterocycles. The van der Waals surface area contributed by atoms with E-state index in [2.05, 4.69) is 66.4 Å². The summed E-state index contributed by atoms with van der Waals surface area (Å²) in [5.74, 6) is 7.17. The van der Waals surface area contributed by atoms with Gasteiger partial charge in [0, 0.05) is 6.42 Å². The highest BCUT2D eigenvalue weighted by atomic mass is 16.5. The molecule has 8 bridgehead atoms. The van der Waals surface area contributed by atoms with Crippen LogP contribution in [0.3, 0.4) is 0 Å². The van der Waals surface area contributed by atoms with E-state index in [9.17, 15) is 0 Å². The Balaban J connectivity index is 1.44. The van der Waals surface area contributed by atoms with Crippen LogP contribution in [0, 0.1) is 0 Å². The molecule has 1 N–H and O–H groups in total. The first-order chi connectivity index (χ1) is 39.4. The molecule has 3 aromatic carbocycles. The topological polar surface area (TPSA) is 176 Å². The number of aliphatic imine (C=N–C) groups is 5. The lowest BCUT2D eigenvalue weighted by Gasteiger charge is -2.22. The van der Waals surface area contributed by atoms with Gasteiger partial charge in [0.25, 0.3) is 0 Å². The molecule has 4 aromatic rings. The first kappa shape index (κ1) is 57.5. The highest BCUT2D eigenvalue weighted by molar-refractivity contribution is 6.29. The average Bonchev–Trinajstić information content (AvgIpc) is 4.30. The van der Waals surface area contributed by atoms with E-state index >= 15 is 0 Å². The molecular formula is C64H82N8O8. The molecule has 0 radical (unpaired) electrons. The molecule has 0 saturated heterocycles. The van der Waals surface area contributed by atoms with Crippen molar-refractivity contribution in [2.75, 3.05) is 52.9 Å². The van der Waals surface area contributed by atoms with Crippen LogP contribution in [0.5, 0.6) is 34.5 Å². The molecule has 426 valence electrons. The highest BCUT2D eigenvalue weighted by Crippen LogP contribution is 2.44. The Kier molecular flexibility index (Phi) is 20.3. The van der Waals surface area contributed by atoms with Crippen molar-refractivity contribution in [2.45, 2.75) is 165 Å². The van der Waals surface area contributed by atoms with E-state index in [1.807, 2.05) is 36.4 Å². The molecule has 0 atom stereocenters. The molecule has 16 nitrogen and oxygen atoms in total. The number of ether oxygens (including phenoxy) is 8. The Morgan fingerprint density at radius 1 is 0.338 bits per heavy atom. The van der Waals surface area contributed by atoms with Crippen LogP contribution >= 0.6 is 0 Å². The fourth-order valence-electron chi connectivity index (χ4n) is 9.71. The van der Waals surface area contributed by atoms with Gasteiger partial charge in [-0.1, -0.05) is 107 Å². The third-order valence-electron chi connectivity index (χ3n) is 14.2. The molecule has 16 heteroatoms. The molecule has 5 aliphatic rings. The van der Waals surface area contributed by atoms with Crippen molar-refractivity contribution in [3.63, 3.8) is 0 Å². The second kappa shape index (κ2) is 28.3. The lowest BCUT2D eigenvalue weighted by atomic mass is 9.96. The van der Waals surface area contributed by atoms with Gasteiger partial charge in [-0.3, -0.25) is 0 Å². The van der Waals surface area contributed by atoms with E-state index in [0.29, 0.717) is 190 Å². The number of H-pyrrole nitrogens is 1. The summed E-state index contributed by atoms with van der Waals surface area (Å²) in [4.78, 5) is 42.0. The fraction of sp³-hybridized carbons (Fsp3) is 0.516. The summed E-state index contributed by atoms with van der Waals surface area (Å²) in [6, 6.07) is 11.8. The van der Waals surface area contributed by atoms with Crippen LogP contribution in [0.4, 0.5) is 0 Å². The number of aromatic nitrogens is 1. The zero-order valence-corrected chi connectivity index (χ0v) is 48.6. The van der Waals surface area contributed by atoms with Crippen molar-refractivity contribution in [1.82, 2.24) is 4.98 Å². The maximum absolute atomic E-state index is 6.74. The molecule has 9 rings (SSSR count). The standard InChI is InChI=1S/C64H82N8O8/c1-9-17-33-73-41-25-26-42(74-34-18-10-2)50-49(41)57-65-58(50)70-60-53-45(77-37-21-13-5)29-30-46(78-38-22-14-6)54(53)62(67-60)72-64-56-48(80-40-24-16-8)32-31-47(79-39-23-15-7)55(56)63(68-64)71-61-52-44(76-36-20-12-4)28-27-43(75-35-19-11-3)51(52)59(66-61)69-57/h25-31H,9-24,32-40H2,1-8H3,(H,65,66,67,68,69,70,71,72). The number of allylic oxidation sites excluding steroid dienone is 2. The summed E-state index contributed by atoms with van der Waals surface area (Å²) in [5.41, 5.74) is 4.84. The first-order valence-corrected chi connectivity index (χ1v) is 30.0. The third kappa shape index (κ3) is 12.7. The van der Waals surface area contributed by atoms with E-state index in [4.69, 9.17) is 72.8 Å². The number of amidine groups is 5. The summed E-state index contributed by atoms with van der Waals surface area (Å²) in [7, 11) is 0. The number of nitrogens with zero attached hydrogens (tertiary/aromatic N) is 7. The van der Waals surface area contributed by atoms with Crippen LogP contribution in [-0.2, 0) is 9.47 Å². The smallest absolute Gasteiger partial charge is 0.168 e. The van der Waals surface area contributed by atoms with Crippen LogP contribution in [0.15, 0.2) is 106 Å². The fourth-order valence-corrected chi connectivity index (χ4v) is 9.71. The molecule has 4 aliphatic heterocycles. The molecule has 0 fully saturated rings. The van der Waals surface area contributed by atoms with Gasteiger partial charge < -0.3 is 42.9 Å². The average molecular weight is 1090 g/mol. The second-order valence-electron chi connectivity index (χ2n) is 20.5. The van der Waals surface area contributed by atoms with Crippen LogP contribution in [0.1, 0.15) is 187 Å². The lowest BCUT2D eigenvalue weighted by Crippen LogP contribution is -2.16. The predicted octanol–water partition coefficient (Wildman–Crippen LogP) is 13.7. The van der Waals surface area contributed by atoms with E-state index in [0.717, 1.165) is 108 Å². The monoisotopic (exact) mass is 1090 g/mol. The largest absolute Gasteiger partial charge is 0.497 e. The van der Waals surface area contributed by atoms with Crippen molar-refractivity contribution >= 4 is 40.0 Å². The van der Waals surface area contributed by atoms with E-state index < -0.39 is 0 Å². The number of rotatable bonds is 32.